The molecule has 19 heavy (non-hydrogen) atoms. The van der Waals surface area contributed by atoms with Crippen molar-refractivity contribution in [3.05, 3.63) is 41.3 Å². The summed E-state index contributed by atoms with van der Waals surface area (Å²) in [5, 5.41) is 11.5. The average Bonchev–Trinajstić information content (AvgIpc) is 2.87. The van der Waals surface area contributed by atoms with E-state index in [9.17, 15) is 4.79 Å². The van der Waals surface area contributed by atoms with Crippen LogP contribution in [0.1, 0.15) is 23.7 Å². The lowest BCUT2D eigenvalue weighted by Gasteiger charge is -2.07. The Morgan fingerprint density at radius 3 is 2.84 bits per heavy atom. The summed E-state index contributed by atoms with van der Waals surface area (Å²) < 4.78 is 5.23. The predicted octanol–water partition coefficient (Wildman–Crippen LogP) is 2.68. The van der Waals surface area contributed by atoms with Gasteiger partial charge >= 0.3 is 0 Å². The van der Waals surface area contributed by atoms with Gasteiger partial charge in [-0.2, -0.15) is 5.26 Å². The predicted molar refractivity (Wildman–Crippen MR) is 73.5 cm³/mol. The summed E-state index contributed by atoms with van der Waals surface area (Å²) in [4.78, 5) is 13.1. The number of carbonyl (C=O) groups excluding carboxylic acids is 1. The second kappa shape index (κ2) is 6.30. The molecule has 1 N–H and O–H groups in total. The summed E-state index contributed by atoms with van der Waals surface area (Å²) in [6.45, 7) is 2.53. The maximum absolute atomic E-state index is 12.0. The number of hydrogen-bond donors (Lipinski definition) is 1. The van der Waals surface area contributed by atoms with Gasteiger partial charge in [-0.15, -0.1) is 11.8 Å². The van der Waals surface area contributed by atoms with Gasteiger partial charge in [-0.25, -0.2) is 0 Å². The fraction of sp³-hybridized carbons (Fsp3) is 0.286. The smallest absolute Gasteiger partial charge is 0.257 e. The minimum absolute atomic E-state index is 0.252. The van der Waals surface area contributed by atoms with Crippen molar-refractivity contribution in [2.75, 3.05) is 12.4 Å². The summed E-state index contributed by atoms with van der Waals surface area (Å²) >= 11 is 1.72. The second-order valence-corrected chi connectivity index (χ2v) is 5.27. The standard InChI is InChI=1S/C14H14N2O2S/c1-2-19-12-5-3-10(4-6-12)13(17)16-14-11(9-15)7-8-18-14/h3-6H,2,7-8H2,1H3,(H,16,17). The van der Waals surface area contributed by atoms with E-state index in [2.05, 4.69) is 12.2 Å². The number of ether oxygens (including phenoxy) is 1. The van der Waals surface area contributed by atoms with Crippen LogP contribution in [0.15, 0.2) is 40.6 Å². The fourth-order valence-electron chi connectivity index (χ4n) is 1.72. The van der Waals surface area contributed by atoms with Crippen molar-refractivity contribution in [3.63, 3.8) is 0 Å². The highest BCUT2D eigenvalue weighted by Gasteiger charge is 2.18. The fourth-order valence-corrected chi connectivity index (χ4v) is 2.38. The molecule has 1 aromatic rings. The monoisotopic (exact) mass is 274 g/mol. The first kappa shape index (κ1) is 13.5. The minimum Gasteiger partial charge on any atom is -0.478 e. The van der Waals surface area contributed by atoms with Crippen LogP contribution in [0.2, 0.25) is 0 Å². The Kier molecular flexibility index (Phi) is 4.48. The Balaban J connectivity index is 2.06. The van der Waals surface area contributed by atoms with E-state index in [1.54, 1.807) is 23.9 Å². The molecule has 0 saturated heterocycles. The van der Waals surface area contributed by atoms with Crippen molar-refractivity contribution in [1.29, 1.82) is 5.26 Å². The van der Waals surface area contributed by atoms with E-state index in [1.165, 1.54) is 0 Å². The topological polar surface area (TPSA) is 62.1 Å². The molecule has 0 bridgehead atoms. The molecule has 0 atom stereocenters. The van der Waals surface area contributed by atoms with Gasteiger partial charge in [-0.05, 0) is 30.0 Å². The molecule has 0 fully saturated rings. The molecule has 1 aromatic carbocycles. The van der Waals surface area contributed by atoms with Crippen LogP contribution in [0.5, 0.6) is 0 Å². The minimum atomic E-state index is -0.252. The van der Waals surface area contributed by atoms with Gasteiger partial charge in [0, 0.05) is 16.9 Å². The van der Waals surface area contributed by atoms with Gasteiger partial charge < -0.3 is 4.74 Å². The molecule has 5 heteroatoms. The van der Waals surface area contributed by atoms with Crippen molar-refractivity contribution in [3.8, 4) is 6.07 Å². The van der Waals surface area contributed by atoms with Gasteiger partial charge in [0.25, 0.3) is 5.91 Å². The Labute approximate surface area is 116 Å². The van der Waals surface area contributed by atoms with Gasteiger partial charge in [-0.3, -0.25) is 10.1 Å². The number of carbonyl (C=O) groups is 1. The highest BCUT2D eigenvalue weighted by molar-refractivity contribution is 7.99. The summed E-state index contributed by atoms with van der Waals surface area (Å²) in [7, 11) is 0. The number of nitrogens with zero attached hydrogens (tertiary/aromatic N) is 1. The summed E-state index contributed by atoms with van der Waals surface area (Å²) in [5.41, 5.74) is 1.05. The van der Waals surface area contributed by atoms with Gasteiger partial charge in [-0.1, -0.05) is 6.92 Å². The first-order valence-corrected chi connectivity index (χ1v) is 7.03. The molecule has 0 aromatic heterocycles. The van der Waals surface area contributed by atoms with Crippen molar-refractivity contribution < 1.29 is 9.53 Å². The summed E-state index contributed by atoms with van der Waals surface area (Å²) in [5.74, 6) is 1.04. The molecule has 98 valence electrons. The van der Waals surface area contributed by atoms with Crippen molar-refractivity contribution in [1.82, 2.24) is 5.32 Å². The number of hydrogen-bond acceptors (Lipinski definition) is 4. The van der Waals surface area contributed by atoms with Gasteiger partial charge in [0.05, 0.1) is 12.2 Å². The van der Waals surface area contributed by atoms with Crippen LogP contribution < -0.4 is 5.32 Å². The second-order valence-electron chi connectivity index (χ2n) is 3.93. The number of thioether (sulfide) groups is 1. The number of nitrogens with one attached hydrogen (secondary N) is 1. The lowest BCUT2D eigenvalue weighted by Crippen LogP contribution is -2.23. The number of amides is 1. The first-order valence-electron chi connectivity index (χ1n) is 6.05. The van der Waals surface area contributed by atoms with Gasteiger partial charge in [0.15, 0.2) is 0 Å². The van der Waals surface area contributed by atoms with Crippen LogP contribution in [0, 0.1) is 11.3 Å². The molecule has 0 radical (unpaired) electrons. The highest BCUT2D eigenvalue weighted by atomic mass is 32.2. The Bertz CT molecular complexity index is 544. The largest absolute Gasteiger partial charge is 0.478 e. The lowest BCUT2D eigenvalue weighted by molar-refractivity contribution is 0.0930. The lowest BCUT2D eigenvalue weighted by atomic mass is 10.2. The molecule has 2 rings (SSSR count). The van der Waals surface area contributed by atoms with Gasteiger partial charge in [0.1, 0.15) is 6.07 Å². The zero-order chi connectivity index (χ0) is 13.7. The summed E-state index contributed by atoms with van der Waals surface area (Å²) in [6.07, 6.45) is 0.554. The number of nitriles is 1. The third-order valence-corrected chi connectivity index (χ3v) is 3.56. The Morgan fingerprint density at radius 2 is 2.21 bits per heavy atom. The molecule has 1 aliphatic heterocycles. The number of benzene rings is 1. The molecular formula is C14H14N2O2S. The SMILES string of the molecule is CCSc1ccc(C(=O)NC2=C(C#N)CCO2)cc1. The maximum atomic E-state index is 12.0. The van der Waals surface area contributed by atoms with Crippen molar-refractivity contribution >= 4 is 17.7 Å². The molecule has 0 spiro atoms. The van der Waals surface area contributed by atoms with E-state index in [0.717, 1.165) is 10.6 Å². The molecule has 1 amide bonds. The molecule has 0 unspecified atom stereocenters. The highest BCUT2D eigenvalue weighted by Crippen LogP contribution is 2.19. The molecule has 1 heterocycles. The normalized spacial score (nSPS) is 13.9. The van der Waals surface area contributed by atoms with Crippen LogP contribution in [-0.4, -0.2) is 18.3 Å². The van der Waals surface area contributed by atoms with E-state index in [4.69, 9.17) is 10.00 Å². The summed E-state index contributed by atoms with van der Waals surface area (Å²) in [6, 6.07) is 9.41. The van der Waals surface area contributed by atoms with Crippen LogP contribution in [0.3, 0.4) is 0 Å². The van der Waals surface area contributed by atoms with E-state index in [1.807, 2.05) is 18.2 Å². The van der Waals surface area contributed by atoms with E-state index in [-0.39, 0.29) is 5.91 Å². The molecular weight excluding hydrogens is 260 g/mol. The Hall–Kier alpha value is -1.93. The van der Waals surface area contributed by atoms with Crippen molar-refractivity contribution in [2.45, 2.75) is 18.2 Å². The quantitative estimate of drug-likeness (QED) is 0.857. The van der Waals surface area contributed by atoms with Crippen LogP contribution >= 0.6 is 11.8 Å². The van der Waals surface area contributed by atoms with E-state index < -0.39 is 0 Å². The Morgan fingerprint density at radius 1 is 1.47 bits per heavy atom. The molecule has 0 saturated carbocycles. The molecule has 1 aliphatic rings. The van der Waals surface area contributed by atoms with Gasteiger partial charge in [0.2, 0.25) is 5.88 Å². The van der Waals surface area contributed by atoms with E-state index in [0.29, 0.717) is 30.0 Å². The molecule has 4 nitrogen and oxygen atoms in total. The van der Waals surface area contributed by atoms with Crippen LogP contribution in [-0.2, 0) is 4.74 Å². The number of rotatable bonds is 4. The average molecular weight is 274 g/mol. The first-order chi connectivity index (χ1) is 9.24. The van der Waals surface area contributed by atoms with Crippen molar-refractivity contribution in [2.24, 2.45) is 0 Å². The molecule has 0 aliphatic carbocycles. The van der Waals surface area contributed by atoms with E-state index >= 15 is 0 Å². The third-order valence-electron chi connectivity index (χ3n) is 2.66. The zero-order valence-electron chi connectivity index (χ0n) is 10.6. The third kappa shape index (κ3) is 3.30. The maximum Gasteiger partial charge on any atom is 0.257 e. The zero-order valence-corrected chi connectivity index (χ0v) is 11.4. The van der Waals surface area contributed by atoms with Crippen LogP contribution in [0.25, 0.3) is 0 Å². The van der Waals surface area contributed by atoms with Crippen LogP contribution in [0.4, 0.5) is 0 Å².